The molecule has 1 fully saturated rings. The van der Waals surface area contributed by atoms with Crippen LogP contribution in [0.5, 0.6) is 5.75 Å². The van der Waals surface area contributed by atoms with Crippen molar-refractivity contribution in [3.05, 3.63) is 99.7 Å². The van der Waals surface area contributed by atoms with Crippen LogP contribution in [-0.2, 0) is 11.2 Å². The molecule has 0 aliphatic carbocycles. The highest BCUT2D eigenvalue weighted by Gasteiger charge is 2.36. The van der Waals surface area contributed by atoms with E-state index < -0.39 is 16.5 Å². The number of nitrogens with zero attached hydrogens (tertiary/aromatic N) is 3. The van der Waals surface area contributed by atoms with Gasteiger partial charge in [-0.2, -0.15) is 5.10 Å². The molecule has 1 saturated heterocycles. The summed E-state index contributed by atoms with van der Waals surface area (Å²) in [7, 11) is 1.61. The maximum absolute atomic E-state index is 14.9. The zero-order valence-electron chi connectivity index (χ0n) is 23.1. The number of methoxy groups -OCH3 is 1. The predicted octanol–water partition coefficient (Wildman–Crippen LogP) is 4.52. The first-order chi connectivity index (χ1) is 19.7. The van der Waals surface area contributed by atoms with Gasteiger partial charge in [0.1, 0.15) is 11.6 Å². The molecule has 1 aliphatic heterocycles. The lowest BCUT2D eigenvalue weighted by molar-refractivity contribution is -0.134. The van der Waals surface area contributed by atoms with Gasteiger partial charge in [-0.25, -0.2) is 9.49 Å². The Kier molecular flexibility index (Phi) is 8.12. The van der Waals surface area contributed by atoms with E-state index in [2.05, 4.69) is 10.2 Å². The number of rotatable bonds is 7. The molecule has 0 unspecified atom stereocenters. The van der Waals surface area contributed by atoms with E-state index in [-0.39, 0.29) is 17.0 Å². The first kappa shape index (κ1) is 28.4. The van der Waals surface area contributed by atoms with Crippen LogP contribution in [0.15, 0.2) is 76.4 Å². The molecule has 4 aromatic rings. The Balaban J connectivity index is 1.25. The van der Waals surface area contributed by atoms with Crippen LogP contribution in [0.3, 0.4) is 0 Å². The molecule has 5 rings (SSSR count). The van der Waals surface area contributed by atoms with Crippen LogP contribution in [0.1, 0.15) is 35.5 Å². The molecule has 212 valence electrons. The van der Waals surface area contributed by atoms with Crippen molar-refractivity contribution in [2.75, 3.05) is 33.3 Å². The lowest BCUT2D eigenvalue weighted by atomic mass is 10.0. The molecule has 8 nitrogen and oxygen atoms in total. The zero-order chi connectivity index (χ0) is 29.1. The average Bonchev–Trinajstić information content (AvgIpc) is 2.99. The molecule has 2 heterocycles. The van der Waals surface area contributed by atoms with Crippen LogP contribution in [0.25, 0.3) is 10.8 Å². The Morgan fingerprint density at radius 2 is 1.68 bits per heavy atom. The van der Waals surface area contributed by atoms with Gasteiger partial charge in [-0.15, -0.1) is 11.8 Å². The molecule has 1 aliphatic rings. The van der Waals surface area contributed by atoms with Gasteiger partial charge in [0.2, 0.25) is 5.91 Å². The van der Waals surface area contributed by atoms with Gasteiger partial charge in [-0.1, -0.05) is 30.3 Å². The highest BCUT2D eigenvalue weighted by Crippen LogP contribution is 2.36. The summed E-state index contributed by atoms with van der Waals surface area (Å²) in [6, 6.07) is 19.2. The molecular weight excluding hydrogens is 543 g/mol. The first-order valence-corrected chi connectivity index (χ1v) is 14.1. The number of ether oxygens (including phenoxy) is 1. The number of carbonyl (C=O) groups is 2. The first-order valence-electron chi connectivity index (χ1n) is 13.3. The van der Waals surface area contributed by atoms with E-state index in [4.69, 9.17) is 4.74 Å². The number of H-pyrrole nitrogens is 1. The van der Waals surface area contributed by atoms with Crippen LogP contribution >= 0.6 is 11.8 Å². The normalized spacial score (nSPS) is 13.9. The Morgan fingerprint density at radius 3 is 2.41 bits per heavy atom. The van der Waals surface area contributed by atoms with Crippen molar-refractivity contribution in [3.63, 3.8) is 0 Å². The lowest BCUT2D eigenvalue weighted by Crippen LogP contribution is -2.54. The van der Waals surface area contributed by atoms with Gasteiger partial charge < -0.3 is 14.5 Å². The summed E-state index contributed by atoms with van der Waals surface area (Å²) in [6.07, 6.45) is 0.320. The fourth-order valence-electron chi connectivity index (χ4n) is 5.01. The SMILES string of the molecule is COc1cccc(SC(C)(C)C(=O)N2CCN(C(=O)c3cc(Cc4n[nH]c(=O)c5ccccc45)ccc3F)CC2)c1. The van der Waals surface area contributed by atoms with E-state index in [0.29, 0.717) is 54.6 Å². The molecule has 3 aromatic carbocycles. The van der Waals surface area contributed by atoms with Crippen molar-refractivity contribution < 1.29 is 18.7 Å². The number of aromatic amines is 1. The minimum Gasteiger partial charge on any atom is -0.497 e. The number of benzene rings is 3. The third-order valence-corrected chi connectivity index (χ3v) is 8.37. The molecular formula is C31H31FN4O4S. The maximum atomic E-state index is 14.9. The highest BCUT2D eigenvalue weighted by molar-refractivity contribution is 8.01. The molecule has 1 N–H and O–H groups in total. The van der Waals surface area contributed by atoms with Crippen molar-refractivity contribution in [3.8, 4) is 5.75 Å². The largest absolute Gasteiger partial charge is 0.497 e. The fourth-order valence-corrected chi connectivity index (χ4v) is 6.14. The maximum Gasteiger partial charge on any atom is 0.272 e. The van der Waals surface area contributed by atoms with Crippen molar-refractivity contribution >= 4 is 34.3 Å². The molecule has 10 heteroatoms. The number of nitrogens with one attached hydrogen (secondary N) is 1. The van der Waals surface area contributed by atoms with E-state index in [1.165, 1.54) is 17.8 Å². The number of carbonyl (C=O) groups excluding carboxylic acids is 2. The summed E-state index contributed by atoms with van der Waals surface area (Å²) in [5, 5.41) is 7.94. The Hall–Kier alpha value is -4.18. The van der Waals surface area contributed by atoms with Crippen LogP contribution < -0.4 is 10.3 Å². The average molecular weight is 575 g/mol. The van der Waals surface area contributed by atoms with Crippen molar-refractivity contribution in [2.45, 2.75) is 29.9 Å². The van der Waals surface area contributed by atoms with Gasteiger partial charge in [0.25, 0.3) is 11.5 Å². The molecule has 41 heavy (non-hydrogen) atoms. The standard InChI is InChI=1S/C31H31FN4O4S/c1-31(2,41-22-8-6-7-21(19-22)40-3)30(39)36-15-13-35(14-16-36)29(38)25-17-20(11-12-26(25)32)18-27-23-9-4-5-10-24(23)28(37)34-33-27/h4-12,17,19H,13-16,18H2,1-3H3,(H,34,37). The smallest absolute Gasteiger partial charge is 0.272 e. The quantitative estimate of drug-likeness (QED) is 0.326. The Morgan fingerprint density at radius 1 is 0.976 bits per heavy atom. The van der Waals surface area contributed by atoms with E-state index in [1.807, 2.05) is 50.2 Å². The van der Waals surface area contributed by atoms with Crippen LogP contribution in [0.4, 0.5) is 4.39 Å². The fraction of sp³-hybridized carbons (Fsp3) is 0.290. The second-order valence-corrected chi connectivity index (χ2v) is 12.1. The molecule has 0 bridgehead atoms. The monoisotopic (exact) mass is 574 g/mol. The number of aromatic nitrogens is 2. The van der Waals surface area contributed by atoms with Crippen LogP contribution in [-0.4, -0.2) is 69.8 Å². The third-order valence-electron chi connectivity index (χ3n) is 7.19. The number of fused-ring (bicyclic) bond motifs is 1. The number of halogens is 1. The van der Waals surface area contributed by atoms with Crippen LogP contribution in [0.2, 0.25) is 0 Å². The topological polar surface area (TPSA) is 95.6 Å². The van der Waals surface area contributed by atoms with Crippen LogP contribution in [0, 0.1) is 5.82 Å². The number of hydrogen-bond acceptors (Lipinski definition) is 6. The van der Waals surface area contributed by atoms with Gasteiger partial charge in [-0.3, -0.25) is 14.4 Å². The van der Waals surface area contributed by atoms with Gasteiger partial charge in [0.05, 0.1) is 28.5 Å². The minimum atomic E-state index is -0.723. The summed E-state index contributed by atoms with van der Waals surface area (Å²) in [4.78, 5) is 43.2. The Bertz CT molecular complexity index is 1660. The summed E-state index contributed by atoms with van der Waals surface area (Å²) in [5.41, 5.74) is 1.03. The number of piperazine rings is 1. The Labute approximate surface area is 241 Å². The van der Waals surface area contributed by atoms with E-state index >= 15 is 0 Å². The predicted molar refractivity (Wildman–Crippen MR) is 157 cm³/mol. The van der Waals surface area contributed by atoms with Crippen molar-refractivity contribution in [1.82, 2.24) is 20.0 Å². The van der Waals surface area contributed by atoms with Crippen molar-refractivity contribution in [2.24, 2.45) is 0 Å². The molecule has 2 amide bonds. The van der Waals surface area contributed by atoms with Gasteiger partial charge in [0, 0.05) is 42.9 Å². The van der Waals surface area contributed by atoms with Gasteiger partial charge in [-0.05, 0) is 55.8 Å². The van der Waals surface area contributed by atoms with E-state index in [1.54, 1.807) is 41.2 Å². The zero-order valence-corrected chi connectivity index (χ0v) is 24.0. The van der Waals surface area contributed by atoms with Crippen molar-refractivity contribution in [1.29, 1.82) is 0 Å². The van der Waals surface area contributed by atoms with Gasteiger partial charge >= 0.3 is 0 Å². The third kappa shape index (κ3) is 6.12. The molecule has 0 atom stereocenters. The summed E-state index contributed by atoms with van der Waals surface area (Å²) >= 11 is 1.46. The number of amides is 2. The van der Waals surface area contributed by atoms with Gasteiger partial charge in [0.15, 0.2) is 0 Å². The number of hydrogen-bond donors (Lipinski definition) is 1. The summed E-state index contributed by atoms with van der Waals surface area (Å²) in [5.74, 6) is -0.315. The highest BCUT2D eigenvalue weighted by atomic mass is 32.2. The summed E-state index contributed by atoms with van der Waals surface area (Å²) in [6.45, 7) is 5.11. The molecule has 0 spiro atoms. The molecule has 0 saturated carbocycles. The van der Waals surface area contributed by atoms with E-state index in [0.717, 1.165) is 10.6 Å². The van der Waals surface area contributed by atoms with E-state index in [9.17, 15) is 18.8 Å². The second-order valence-electron chi connectivity index (χ2n) is 10.4. The lowest BCUT2D eigenvalue weighted by Gasteiger charge is -2.38. The molecule has 1 aromatic heterocycles. The minimum absolute atomic E-state index is 0.0220. The summed E-state index contributed by atoms with van der Waals surface area (Å²) < 4.78 is 19.4. The molecule has 0 radical (unpaired) electrons. The second kappa shape index (κ2) is 11.7. The number of thioether (sulfide) groups is 1.